The fourth-order valence-corrected chi connectivity index (χ4v) is 4.73. The zero-order chi connectivity index (χ0) is 22.0. The summed E-state index contributed by atoms with van der Waals surface area (Å²) in [5, 5.41) is 20.7. The molecule has 29 heavy (non-hydrogen) atoms. The number of rotatable bonds is 6. The van der Waals surface area contributed by atoms with Crippen LogP contribution in [0.25, 0.3) is 0 Å². The molecule has 4 atom stereocenters. The van der Waals surface area contributed by atoms with E-state index in [1.54, 1.807) is 6.92 Å². The van der Waals surface area contributed by atoms with Crippen molar-refractivity contribution < 1.29 is 14.3 Å². The fraction of sp³-hybridized carbons (Fsp3) is 0.609. The Bertz CT molecular complexity index is 840. The molecule has 1 aliphatic rings. The Kier molecular flexibility index (Phi) is 7.11. The van der Waals surface area contributed by atoms with Crippen molar-refractivity contribution in [2.75, 3.05) is 0 Å². The lowest BCUT2D eigenvalue weighted by atomic mass is 9.56. The van der Waals surface area contributed by atoms with E-state index in [1.165, 1.54) is 18.2 Å². The minimum Gasteiger partial charge on any atom is -0.481 e. The first-order chi connectivity index (χ1) is 13.5. The number of carbonyl (C=O) groups is 1. The van der Waals surface area contributed by atoms with Crippen LogP contribution in [0.1, 0.15) is 71.8 Å². The number of aliphatic carboxylic acids is 1. The van der Waals surface area contributed by atoms with E-state index in [9.17, 15) is 19.6 Å². The summed E-state index contributed by atoms with van der Waals surface area (Å²) < 4.78 is 13.7. The molecule has 2 rings (SSSR count). The van der Waals surface area contributed by atoms with Crippen molar-refractivity contribution in [1.29, 1.82) is 5.26 Å². The van der Waals surface area contributed by atoms with Gasteiger partial charge in [0.2, 0.25) is 0 Å². The van der Waals surface area contributed by atoms with Gasteiger partial charge in [-0.15, -0.1) is 0 Å². The van der Waals surface area contributed by atoms with E-state index in [0.29, 0.717) is 30.5 Å². The molecule has 1 aromatic rings. The SMILES string of the molecule is CCCC1N=C(C)C(C#N)C(c2ccc(F)cc2Cl)C1(CCC(C)(C)C)C(=O)O. The summed E-state index contributed by atoms with van der Waals surface area (Å²) in [6.45, 7) is 9.97. The summed E-state index contributed by atoms with van der Waals surface area (Å²) in [4.78, 5) is 17.6. The summed E-state index contributed by atoms with van der Waals surface area (Å²) in [5.74, 6) is -2.90. The molecule has 1 aromatic carbocycles. The lowest BCUT2D eigenvalue weighted by Gasteiger charge is -2.48. The quantitative estimate of drug-likeness (QED) is 0.591. The number of halogens is 2. The molecule has 0 bridgehead atoms. The number of nitriles is 1. The van der Waals surface area contributed by atoms with Gasteiger partial charge in [-0.2, -0.15) is 5.26 Å². The molecule has 1 heterocycles. The van der Waals surface area contributed by atoms with Gasteiger partial charge in [-0.25, -0.2) is 4.39 Å². The molecule has 4 nitrogen and oxygen atoms in total. The molecule has 158 valence electrons. The predicted octanol–water partition coefficient (Wildman–Crippen LogP) is 6.24. The van der Waals surface area contributed by atoms with Crippen LogP contribution in [-0.4, -0.2) is 22.8 Å². The zero-order valence-electron chi connectivity index (χ0n) is 17.8. The number of carboxylic acids is 1. The Balaban J connectivity index is 2.80. The Morgan fingerprint density at radius 2 is 2.07 bits per heavy atom. The van der Waals surface area contributed by atoms with Crippen LogP contribution >= 0.6 is 11.6 Å². The maximum Gasteiger partial charge on any atom is 0.312 e. The lowest BCUT2D eigenvalue weighted by molar-refractivity contribution is -0.154. The molecule has 1 aliphatic heterocycles. The van der Waals surface area contributed by atoms with Gasteiger partial charge < -0.3 is 5.11 Å². The van der Waals surface area contributed by atoms with Gasteiger partial charge in [0.15, 0.2) is 0 Å². The van der Waals surface area contributed by atoms with Gasteiger partial charge in [0.25, 0.3) is 0 Å². The van der Waals surface area contributed by atoms with Crippen molar-refractivity contribution in [3.63, 3.8) is 0 Å². The number of benzene rings is 1. The van der Waals surface area contributed by atoms with Crippen LogP contribution in [0.15, 0.2) is 23.2 Å². The first-order valence-electron chi connectivity index (χ1n) is 10.1. The van der Waals surface area contributed by atoms with Crippen LogP contribution in [-0.2, 0) is 4.79 Å². The summed E-state index contributed by atoms with van der Waals surface area (Å²) in [6.07, 6.45) is 2.39. The maximum atomic E-state index is 13.7. The first-order valence-corrected chi connectivity index (χ1v) is 10.5. The third-order valence-corrected chi connectivity index (χ3v) is 6.31. The van der Waals surface area contributed by atoms with Gasteiger partial charge in [-0.05, 0) is 49.3 Å². The van der Waals surface area contributed by atoms with Crippen LogP contribution in [0.3, 0.4) is 0 Å². The second kappa shape index (κ2) is 8.83. The molecular formula is C23H30ClFN2O2. The average molecular weight is 421 g/mol. The molecule has 0 aromatic heterocycles. The Labute approximate surface area is 177 Å². The number of hydrogen-bond donors (Lipinski definition) is 1. The van der Waals surface area contributed by atoms with Gasteiger partial charge in [0.1, 0.15) is 5.82 Å². The second-order valence-electron chi connectivity index (χ2n) is 9.23. The van der Waals surface area contributed by atoms with Gasteiger partial charge in [-0.3, -0.25) is 9.79 Å². The molecule has 4 unspecified atom stereocenters. The van der Waals surface area contributed by atoms with E-state index in [0.717, 1.165) is 6.42 Å². The molecule has 0 saturated heterocycles. The largest absolute Gasteiger partial charge is 0.481 e. The molecule has 0 amide bonds. The first kappa shape index (κ1) is 23.3. The van der Waals surface area contributed by atoms with Crippen LogP contribution in [0, 0.1) is 33.9 Å². The van der Waals surface area contributed by atoms with Crippen molar-refractivity contribution in [3.8, 4) is 6.07 Å². The summed E-state index contributed by atoms with van der Waals surface area (Å²) in [6, 6.07) is 5.80. The highest BCUT2D eigenvalue weighted by molar-refractivity contribution is 6.31. The third-order valence-electron chi connectivity index (χ3n) is 5.98. The van der Waals surface area contributed by atoms with E-state index in [4.69, 9.17) is 16.6 Å². The molecule has 0 aliphatic carbocycles. The smallest absolute Gasteiger partial charge is 0.312 e. The van der Waals surface area contributed by atoms with Crippen molar-refractivity contribution in [1.82, 2.24) is 0 Å². The van der Waals surface area contributed by atoms with Crippen molar-refractivity contribution in [2.45, 2.75) is 72.3 Å². The second-order valence-corrected chi connectivity index (χ2v) is 9.64. The zero-order valence-corrected chi connectivity index (χ0v) is 18.6. The highest BCUT2D eigenvalue weighted by atomic mass is 35.5. The molecule has 0 spiro atoms. The molecule has 0 saturated carbocycles. The molecule has 1 N–H and O–H groups in total. The normalized spacial score (nSPS) is 27.2. The molecular weight excluding hydrogens is 391 g/mol. The number of hydrogen-bond acceptors (Lipinski definition) is 3. The van der Waals surface area contributed by atoms with Gasteiger partial charge in [0.05, 0.1) is 23.4 Å². The van der Waals surface area contributed by atoms with Crippen molar-refractivity contribution in [3.05, 3.63) is 34.6 Å². The summed E-state index contributed by atoms with van der Waals surface area (Å²) >= 11 is 6.40. The fourth-order valence-electron chi connectivity index (χ4n) is 4.45. The minimum absolute atomic E-state index is 0.0886. The minimum atomic E-state index is -1.29. The summed E-state index contributed by atoms with van der Waals surface area (Å²) in [7, 11) is 0. The Morgan fingerprint density at radius 3 is 2.55 bits per heavy atom. The van der Waals surface area contributed by atoms with E-state index in [-0.39, 0.29) is 10.4 Å². The van der Waals surface area contributed by atoms with Gasteiger partial charge in [0, 0.05) is 16.7 Å². The van der Waals surface area contributed by atoms with E-state index < -0.39 is 35.1 Å². The molecule has 0 radical (unpaired) electrons. The van der Waals surface area contributed by atoms with E-state index in [1.807, 2.05) is 6.92 Å². The molecule has 0 fully saturated rings. The topological polar surface area (TPSA) is 73.5 Å². The highest BCUT2D eigenvalue weighted by Crippen LogP contribution is 2.55. The van der Waals surface area contributed by atoms with Crippen molar-refractivity contribution in [2.24, 2.45) is 21.7 Å². The van der Waals surface area contributed by atoms with Gasteiger partial charge in [-0.1, -0.05) is 51.8 Å². The Morgan fingerprint density at radius 1 is 1.41 bits per heavy atom. The average Bonchev–Trinajstić information content (AvgIpc) is 2.60. The lowest BCUT2D eigenvalue weighted by Crippen LogP contribution is -2.53. The summed E-state index contributed by atoms with van der Waals surface area (Å²) in [5.41, 5.74) is -0.255. The predicted molar refractivity (Wildman–Crippen MR) is 114 cm³/mol. The van der Waals surface area contributed by atoms with Crippen LogP contribution in [0.4, 0.5) is 4.39 Å². The van der Waals surface area contributed by atoms with Crippen molar-refractivity contribution >= 4 is 23.3 Å². The standard InChI is InChI=1S/C23H30ClFN2O2/c1-6-7-19-23(21(28)29,11-10-22(3,4)5)20(17(13-26)14(2)27-19)16-9-8-15(25)12-18(16)24/h8-9,12,17,19-20H,6-7,10-11H2,1-5H3,(H,28,29). The number of aliphatic imine (C=N–C) groups is 1. The maximum absolute atomic E-state index is 13.7. The Hall–Kier alpha value is -1.93. The van der Waals surface area contributed by atoms with Crippen LogP contribution in [0.2, 0.25) is 5.02 Å². The van der Waals surface area contributed by atoms with Crippen LogP contribution < -0.4 is 0 Å². The number of carboxylic acid groups (broad SMARTS) is 1. The third kappa shape index (κ3) is 4.64. The highest BCUT2D eigenvalue weighted by Gasteiger charge is 2.58. The van der Waals surface area contributed by atoms with Gasteiger partial charge >= 0.3 is 5.97 Å². The monoisotopic (exact) mass is 420 g/mol. The van der Waals surface area contributed by atoms with Crippen LogP contribution in [0.5, 0.6) is 0 Å². The van der Waals surface area contributed by atoms with E-state index in [2.05, 4.69) is 26.8 Å². The van der Waals surface area contributed by atoms with E-state index >= 15 is 0 Å². The number of nitrogens with zero attached hydrogens (tertiary/aromatic N) is 2. The molecule has 6 heteroatoms.